The third-order valence-corrected chi connectivity index (χ3v) is 3.77. The molecular formula is C16H18ClN3O. The van der Waals surface area contributed by atoms with Crippen molar-refractivity contribution in [2.24, 2.45) is 0 Å². The van der Waals surface area contributed by atoms with Crippen LogP contribution in [0, 0.1) is 0 Å². The zero-order chi connectivity index (χ0) is 15.6. The van der Waals surface area contributed by atoms with Crippen molar-refractivity contribution in [1.82, 2.24) is 4.90 Å². The van der Waals surface area contributed by atoms with Crippen LogP contribution in [0.1, 0.15) is 28.9 Å². The van der Waals surface area contributed by atoms with Gasteiger partial charge in [-0.2, -0.15) is 0 Å². The standard InChI is InChI=1S/C16H18ClN3O/c1-10(11-4-3-5-12(17)8-11)20(2)16(21)14-7-6-13(18)9-15(14)19/h3-10H,18-19H2,1-2H3. The molecule has 2 rings (SSSR count). The number of rotatable bonds is 3. The number of carbonyl (C=O) groups is 1. The molecule has 1 amide bonds. The molecule has 0 aliphatic rings. The molecule has 4 N–H and O–H groups in total. The van der Waals surface area contributed by atoms with Gasteiger partial charge in [0.05, 0.1) is 11.6 Å². The van der Waals surface area contributed by atoms with Crippen LogP contribution in [0.3, 0.4) is 0 Å². The van der Waals surface area contributed by atoms with Gasteiger partial charge in [0.2, 0.25) is 0 Å². The summed E-state index contributed by atoms with van der Waals surface area (Å²) in [6.07, 6.45) is 0. The van der Waals surface area contributed by atoms with Gasteiger partial charge in [0.25, 0.3) is 5.91 Å². The van der Waals surface area contributed by atoms with Gasteiger partial charge >= 0.3 is 0 Å². The Hall–Kier alpha value is -2.20. The highest BCUT2D eigenvalue weighted by Gasteiger charge is 2.20. The van der Waals surface area contributed by atoms with Crippen molar-refractivity contribution in [2.45, 2.75) is 13.0 Å². The van der Waals surface area contributed by atoms with Crippen LogP contribution in [0.5, 0.6) is 0 Å². The Morgan fingerprint density at radius 2 is 1.90 bits per heavy atom. The fourth-order valence-electron chi connectivity index (χ4n) is 2.13. The molecule has 1 atom stereocenters. The maximum absolute atomic E-state index is 12.5. The van der Waals surface area contributed by atoms with Crippen molar-refractivity contribution >= 4 is 28.9 Å². The molecule has 1 unspecified atom stereocenters. The minimum Gasteiger partial charge on any atom is -0.399 e. The van der Waals surface area contributed by atoms with E-state index in [1.165, 1.54) is 0 Å². The Bertz CT molecular complexity index is 672. The molecule has 5 heteroatoms. The van der Waals surface area contributed by atoms with Crippen LogP contribution >= 0.6 is 11.6 Å². The lowest BCUT2D eigenvalue weighted by molar-refractivity contribution is 0.0744. The number of benzene rings is 2. The van der Waals surface area contributed by atoms with Gasteiger partial charge in [-0.25, -0.2) is 0 Å². The van der Waals surface area contributed by atoms with Gasteiger partial charge in [0, 0.05) is 23.4 Å². The Kier molecular flexibility index (Phi) is 4.38. The quantitative estimate of drug-likeness (QED) is 0.854. The molecule has 110 valence electrons. The molecule has 0 radical (unpaired) electrons. The average molecular weight is 304 g/mol. The summed E-state index contributed by atoms with van der Waals surface area (Å²) in [5.74, 6) is -0.153. The first-order valence-electron chi connectivity index (χ1n) is 6.57. The molecule has 0 bridgehead atoms. The molecule has 0 saturated carbocycles. The summed E-state index contributed by atoms with van der Waals surface area (Å²) in [5.41, 5.74) is 13.9. The van der Waals surface area contributed by atoms with Crippen molar-refractivity contribution in [3.63, 3.8) is 0 Å². The molecule has 0 heterocycles. The van der Waals surface area contributed by atoms with E-state index >= 15 is 0 Å². The second-order valence-corrected chi connectivity index (χ2v) is 5.43. The Balaban J connectivity index is 2.26. The summed E-state index contributed by atoms with van der Waals surface area (Å²) in [6, 6.07) is 12.2. The van der Waals surface area contributed by atoms with Crippen LogP contribution < -0.4 is 11.5 Å². The van der Waals surface area contributed by atoms with E-state index in [4.69, 9.17) is 23.1 Å². The monoisotopic (exact) mass is 303 g/mol. The van der Waals surface area contributed by atoms with Crippen LogP contribution in [-0.2, 0) is 0 Å². The normalized spacial score (nSPS) is 12.0. The van der Waals surface area contributed by atoms with E-state index in [1.54, 1.807) is 36.2 Å². The van der Waals surface area contributed by atoms with Crippen molar-refractivity contribution in [2.75, 3.05) is 18.5 Å². The second-order valence-electron chi connectivity index (χ2n) is 4.99. The lowest BCUT2D eigenvalue weighted by Crippen LogP contribution is -2.30. The first kappa shape index (κ1) is 15.2. The Morgan fingerprint density at radius 3 is 2.52 bits per heavy atom. The van der Waals surface area contributed by atoms with Crippen LogP contribution in [0.25, 0.3) is 0 Å². The number of hydrogen-bond donors (Lipinski definition) is 2. The summed E-state index contributed by atoms with van der Waals surface area (Å²) < 4.78 is 0. The van der Waals surface area contributed by atoms with E-state index < -0.39 is 0 Å². The largest absolute Gasteiger partial charge is 0.399 e. The molecule has 2 aromatic carbocycles. The summed E-state index contributed by atoms with van der Waals surface area (Å²) >= 11 is 6.00. The SMILES string of the molecule is CC(c1cccc(Cl)c1)N(C)C(=O)c1ccc(N)cc1N. The van der Waals surface area contributed by atoms with Crippen molar-refractivity contribution < 1.29 is 4.79 Å². The molecule has 4 nitrogen and oxygen atoms in total. The molecule has 0 spiro atoms. The highest BCUT2D eigenvalue weighted by molar-refractivity contribution is 6.30. The van der Waals surface area contributed by atoms with Crippen molar-refractivity contribution in [3.8, 4) is 0 Å². The van der Waals surface area contributed by atoms with E-state index in [0.717, 1.165) is 5.56 Å². The van der Waals surface area contributed by atoms with E-state index in [9.17, 15) is 4.79 Å². The highest BCUT2D eigenvalue weighted by atomic mass is 35.5. The average Bonchev–Trinajstić information content (AvgIpc) is 2.45. The number of nitrogens with zero attached hydrogens (tertiary/aromatic N) is 1. The first-order valence-corrected chi connectivity index (χ1v) is 6.95. The smallest absolute Gasteiger partial charge is 0.256 e. The fourth-order valence-corrected chi connectivity index (χ4v) is 2.33. The molecule has 0 aliphatic carbocycles. The Labute approximate surface area is 129 Å². The maximum atomic E-state index is 12.5. The molecule has 0 fully saturated rings. The van der Waals surface area contributed by atoms with Crippen molar-refractivity contribution in [1.29, 1.82) is 0 Å². The minimum absolute atomic E-state index is 0.117. The lowest BCUT2D eigenvalue weighted by atomic mass is 10.1. The number of nitrogens with two attached hydrogens (primary N) is 2. The van der Waals surface area contributed by atoms with Crippen LogP contribution in [0.4, 0.5) is 11.4 Å². The zero-order valence-corrected chi connectivity index (χ0v) is 12.8. The zero-order valence-electron chi connectivity index (χ0n) is 12.0. The summed E-state index contributed by atoms with van der Waals surface area (Å²) in [6.45, 7) is 1.94. The molecule has 0 saturated heterocycles. The van der Waals surface area contributed by atoms with E-state index in [0.29, 0.717) is 22.0 Å². The third kappa shape index (κ3) is 3.28. The van der Waals surface area contributed by atoms with Gasteiger partial charge < -0.3 is 16.4 Å². The fraction of sp³-hybridized carbons (Fsp3) is 0.188. The number of halogens is 1. The first-order chi connectivity index (χ1) is 9.90. The van der Waals surface area contributed by atoms with Gasteiger partial charge in [-0.3, -0.25) is 4.79 Å². The second kappa shape index (κ2) is 6.06. The third-order valence-electron chi connectivity index (χ3n) is 3.54. The Morgan fingerprint density at radius 1 is 1.19 bits per heavy atom. The number of amides is 1. The molecule has 2 aromatic rings. The van der Waals surface area contributed by atoms with Gasteiger partial charge in [0.15, 0.2) is 0 Å². The molecule has 21 heavy (non-hydrogen) atoms. The number of anilines is 2. The highest BCUT2D eigenvalue weighted by Crippen LogP contribution is 2.25. The van der Waals surface area contributed by atoms with Gasteiger partial charge in [-0.15, -0.1) is 0 Å². The summed E-state index contributed by atoms with van der Waals surface area (Å²) in [7, 11) is 1.74. The minimum atomic E-state index is -0.153. The predicted octanol–water partition coefficient (Wildman–Crippen LogP) is 3.34. The number of hydrogen-bond acceptors (Lipinski definition) is 3. The van der Waals surface area contributed by atoms with E-state index in [1.807, 2.05) is 25.1 Å². The summed E-state index contributed by atoms with van der Waals surface area (Å²) in [4.78, 5) is 14.2. The van der Waals surface area contributed by atoms with Gasteiger partial charge in [-0.1, -0.05) is 23.7 Å². The van der Waals surface area contributed by atoms with Crippen LogP contribution in [-0.4, -0.2) is 17.9 Å². The van der Waals surface area contributed by atoms with Gasteiger partial charge in [0.1, 0.15) is 0 Å². The molecular weight excluding hydrogens is 286 g/mol. The van der Waals surface area contributed by atoms with E-state index in [-0.39, 0.29) is 11.9 Å². The number of nitrogen functional groups attached to an aromatic ring is 2. The van der Waals surface area contributed by atoms with E-state index in [2.05, 4.69) is 0 Å². The molecule has 0 aromatic heterocycles. The van der Waals surface area contributed by atoms with Crippen LogP contribution in [0.15, 0.2) is 42.5 Å². The topological polar surface area (TPSA) is 72.3 Å². The maximum Gasteiger partial charge on any atom is 0.256 e. The summed E-state index contributed by atoms with van der Waals surface area (Å²) in [5, 5.41) is 0.646. The lowest BCUT2D eigenvalue weighted by Gasteiger charge is -2.26. The van der Waals surface area contributed by atoms with Crippen molar-refractivity contribution in [3.05, 3.63) is 58.6 Å². The number of carbonyl (C=O) groups excluding carboxylic acids is 1. The molecule has 0 aliphatic heterocycles. The predicted molar refractivity (Wildman–Crippen MR) is 87.2 cm³/mol. The van der Waals surface area contributed by atoms with Gasteiger partial charge in [-0.05, 0) is 42.8 Å². The van der Waals surface area contributed by atoms with Crippen LogP contribution in [0.2, 0.25) is 5.02 Å².